The summed E-state index contributed by atoms with van der Waals surface area (Å²) in [5.74, 6) is -3.81. The van der Waals surface area contributed by atoms with Gasteiger partial charge in [0.15, 0.2) is 0 Å². The third-order valence-electron chi connectivity index (χ3n) is 3.83. The lowest BCUT2D eigenvalue weighted by atomic mass is 9.95. The molecule has 2 aromatic rings. The van der Waals surface area contributed by atoms with Gasteiger partial charge in [0.2, 0.25) is 5.78 Å². The smallest absolute Gasteiger partial charge is 0.337 e. The highest BCUT2D eigenvalue weighted by molar-refractivity contribution is 6.45. The quantitative estimate of drug-likeness (QED) is 0.627. The first-order valence-electron chi connectivity index (χ1n) is 7.44. The van der Waals surface area contributed by atoms with E-state index >= 15 is 0 Å². The molecule has 0 atom stereocenters. The van der Waals surface area contributed by atoms with E-state index in [0.717, 1.165) is 24.3 Å². The molecule has 25 heavy (non-hydrogen) atoms. The normalized spacial score (nSPS) is 16.6. The highest BCUT2D eigenvalue weighted by atomic mass is 19.4. The maximum atomic E-state index is 12.7. The molecule has 130 valence electrons. The van der Waals surface area contributed by atoms with E-state index in [9.17, 15) is 22.8 Å². The SMILES string of the molecule is O=C(C(=O)C1(c2ccccc2)OCCO1)c1ccc(C(F)(F)F)cc1. The van der Waals surface area contributed by atoms with Gasteiger partial charge in [0.1, 0.15) is 0 Å². The largest absolute Gasteiger partial charge is 0.416 e. The van der Waals surface area contributed by atoms with Gasteiger partial charge in [-0.2, -0.15) is 13.2 Å². The molecule has 0 aromatic heterocycles. The molecule has 3 rings (SSSR count). The van der Waals surface area contributed by atoms with E-state index < -0.39 is 29.1 Å². The van der Waals surface area contributed by atoms with Gasteiger partial charge in [-0.25, -0.2) is 0 Å². The Morgan fingerprint density at radius 2 is 1.44 bits per heavy atom. The number of alkyl halides is 3. The van der Waals surface area contributed by atoms with E-state index in [1.54, 1.807) is 30.3 Å². The Labute approximate surface area is 141 Å². The van der Waals surface area contributed by atoms with Crippen LogP contribution in [0.15, 0.2) is 54.6 Å². The molecule has 7 heteroatoms. The van der Waals surface area contributed by atoms with Crippen molar-refractivity contribution in [3.63, 3.8) is 0 Å². The van der Waals surface area contributed by atoms with Gasteiger partial charge in [0.05, 0.1) is 18.8 Å². The molecule has 0 bridgehead atoms. The monoisotopic (exact) mass is 350 g/mol. The number of Topliss-reactive ketones (excluding diaryl/α,β-unsaturated/α-hetero) is 2. The lowest BCUT2D eigenvalue weighted by Crippen LogP contribution is -2.41. The van der Waals surface area contributed by atoms with Crippen LogP contribution in [0.3, 0.4) is 0 Å². The van der Waals surface area contributed by atoms with Gasteiger partial charge in [-0.05, 0) is 12.1 Å². The standard InChI is InChI=1S/C18H13F3O4/c19-18(20,21)14-8-6-12(7-9-14)15(22)16(23)17(24-10-11-25-17)13-4-2-1-3-5-13/h1-9H,10-11H2. The second-order valence-corrected chi connectivity index (χ2v) is 5.41. The van der Waals surface area contributed by atoms with Crippen molar-refractivity contribution in [1.29, 1.82) is 0 Å². The highest BCUT2D eigenvalue weighted by Crippen LogP contribution is 2.34. The van der Waals surface area contributed by atoms with Crippen LogP contribution < -0.4 is 0 Å². The molecule has 0 unspecified atom stereocenters. The summed E-state index contributed by atoms with van der Waals surface area (Å²) < 4.78 is 48.7. The fourth-order valence-electron chi connectivity index (χ4n) is 2.59. The van der Waals surface area contributed by atoms with Crippen LogP contribution in [0.4, 0.5) is 13.2 Å². The van der Waals surface area contributed by atoms with Crippen molar-refractivity contribution in [1.82, 2.24) is 0 Å². The van der Waals surface area contributed by atoms with E-state index in [0.29, 0.717) is 5.56 Å². The minimum atomic E-state index is -4.52. The Morgan fingerprint density at radius 3 is 1.96 bits per heavy atom. The molecule has 0 N–H and O–H groups in total. The summed E-state index contributed by atoms with van der Waals surface area (Å²) in [6.07, 6.45) is -4.52. The Hall–Kier alpha value is -2.51. The number of rotatable bonds is 4. The Morgan fingerprint density at radius 1 is 0.880 bits per heavy atom. The van der Waals surface area contributed by atoms with Gasteiger partial charge >= 0.3 is 6.18 Å². The van der Waals surface area contributed by atoms with Crippen LogP contribution in [0.5, 0.6) is 0 Å². The fourth-order valence-corrected chi connectivity index (χ4v) is 2.59. The molecule has 1 saturated heterocycles. The van der Waals surface area contributed by atoms with Crippen molar-refractivity contribution in [2.45, 2.75) is 12.0 Å². The van der Waals surface area contributed by atoms with Gasteiger partial charge < -0.3 is 9.47 Å². The minimum absolute atomic E-state index is 0.126. The van der Waals surface area contributed by atoms with E-state index in [-0.39, 0.29) is 18.8 Å². The average Bonchev–Trinajstić information content (AvgIpc) is 3.11. The molecule has 0 aliphatic carbocycles. The molecule has 0 spiro atoms. The second-order valence-electron chi connectivity index (χ2n) is 5.41. The van der Waals surface area contributed by atoms with Crippen LogP contribution in [0.1, 0.15) is 21.5 Å². The molecule has 4 nitrogen and oxygen atoms in total. The summed E-state index contributed by atoms with van der Waals surface area (Å²) in [7, 11) is 0. The summed E-state index contributed by atoms with van der Waals surface area (Å²) in [4.78, 5) is 25.2. The average molecular weight is 350 g/mol. The number of carbonyl (C=O) groups is 2. The molecule has 2 aromatic carbocycles. The number of ketones is 2. The summed E-state index contributed by atoms with van der Waals surface area (Å²) in [6.45, 7) is 0.252. The fraction of sp³-hybridized carbons (Fsp3) is 0.222. The minimum Gasteiger partial charge on any atom is -0.337 e. The van der Waals surface area contributed by atoms with Crippen LogP contribution in [0.25, 0.3) is 0 Å². The first-order valence-corrected chi connectivity index (χ1v) is 7.44. The number of halogens is 3. The van der Waals surface area contributed by atoms with Crippen molar-refractivity contribution < 1.29 is 32.2 Å². The molecule has 1 heterocycles. The van der Waals surface area contributed by atoms with Crippen LogP contribution >= 0.6 is 0 Å². The first-order chi connectivity index (χ1) is 11.8. The third kappa shape index (κ3) is 3.20. The second kappa shape index (κ2) is 6.42. The molecular formula is C18H13F3O4. The molecule has 1 fully saturated rings. The highest BCUT2D eigenvalue weighted by Gasteiger charge is 2.49. The lowest BCUT2D eigenvalue weighted by Gasteiger charge is -2.25. The number of hydrogen-bond acceptors (Lipinski definition) is 4. The molecule has 0 amide bonds. The number of carbonyl (C=O) groups excluding carboxylic acids is 2. The Balaban J connectivity index is 1.92. The zero-order valence-corrected chi connectivity index (χ0v) is 12.9. The van der Waals surface area contributed by atoms with Crippen LogP contribution in [-0.4, -0.2) is 24.8 Å². The summed E-state index contributed by atoms with van der Waals surface area (Å²) in [6, 6.07) is 11.7. The van der Waals surface area contributed by atoms with Gasteiger partial charge in [-0.15, -0.1) is 0 Å². The van der Waals surface area contributed by atoms with E-state index in [1.165, 1.54) is 0 Å². The van der Waals surface area contributed by atoms with E-state index in [1.807, 2.05) is 0 Å². The molecular weight excluding hydrogens is 337 g/mol. The lowest BCUT2D eigenvalue weighted by molar-refractivity contribution is -0.179. The topological polar surface area (TPSA) is 52.6 Å². The van der Waals surface area contributed by atoms with Gasteiger partial charge in [0, 0.05) is 11.1 Å². The third-order valence-corrected chi connectivity index (χ3v) is 3.83. The van der Waals surface area contributed by atoms with E-state index in [4.69, 9.17) is 9.47 Å². The van der Waals surface area contributed by atoms with E-state index in [2.05, 4.69) is 0 Å². The number of hydrogen-bond donors (Lipinski definition) is 0. The first kappa shape index (κ1) is 17.3. The molecule has 0 saturated carbocycles. The summed E-state index contributed by atoms with van der Waals surface area (Å²) >= 11 is 0. The maximum Gasteiger partial charge on any atom is 0.416 e. The predicted molar refractivity (Wildman–Crippen MR) is 80.8 cm³/mol. The maximum absolute atomic E-state index is 12.7. The van der Waals surface area contributed by atoms with Gasteiger partial charge in [-0.1, -0.05) is 42.5 Å². The number of ether oxygens (including phenoxy) is 2. The summed E-state index contributed by atoms with van der Waals surface area (Å²) in [5, 5.41) is 0. The zero-order chi connectivity index (χ0) is 18.1. The van der Waals surface area contributed by atoms with Crippen LogP contribution in [0.2, 0.25) is 0 Å². The van der Waals surface area contributed by atoms with Crippen LogP contribution in [-0.2, 0) is 26.2 Å². The summed E-state index contributed by atoms with van der Waals surface area (Å²) in [5.41, 5.74) is -0.701. The van der Waals surface area contributed by atoms with Crippen molar-refractivity contribution in [2.75, 3.05) is 13.2 Å². The number of benzene rings is 2. The van der Waals surface area contributed by atoms with Gasteiger partial charge in [-0.3, -0.25) is 9.59 Å². The van der Waals surface area contributed by atoms with Crippen molar-refractivity contribution in [2.24, 2.45) is 0 Å². The Kier molecular flexibility index (Phi) is 4.45. The van der Waals surface area contributed by atoms with Crippen LogP contribution in [0, 0.1) is 0 Å². The van der Waals surface area contributed by atoms with Crippen molar-refractivity contribution in [3.05, 3.63) is 71.3 Å². The predicted octanol–water partition coefficient (Wildman–Crippen LogP) is 3.36. The molecule has 1 aliphatic rings. The molecule has 0 radical (unpaired) electrons. The Bertz CT molecular complexity index is 776. The van der Waals surface area contributed by atoms with Crippen molar-refractivity contribution >= 4 is 11.6 Å². The van der Waals surface area contributed by atoms with Gasteiger partial charge in [0.25, 0.3) is 11.6 Å². The molecule has 1 aliphatic heterocycles. The van der Waals surface area contributed by atoms with Crippen molar-refractivity contribution in [3.8, 4) is 0 Å². The zero-order valence-electron chi connectivity index (χ0n) is 12.9.